The molecule has 1 heterocycles. The average Bonchev–Trinajstić information content (AvgIpc) is 2.94. The number of aromatic carboxylic acids is 1. The first-order valence-corrected chi connectivity index (χ1v) is 9.07. The lowest BCUT2D eigenvalue weighted by Crippen LogP contribution is -2.13. The van der Waals surface area contributed by atoms with Crippen molar-refractivity contribution in [1.82, 2.24) is 0 Å². The molecule has 0 bridgehead atoms. The number of benzene rings is 2. The van der Waals surface area contributed by atoms with Crippen LogP contribution in [-0.2, 0) is 0 Å². The van der Waals surface area contributed by atoms with E-state index >= 15 is 0 Å². The van der Waals surface area contributed by atoms with Crippen LogP contribution in [0.15, 0.2) is 48.5 Å². The first-order valence-electron chi connectivity index (χ1n) is 7.88. The number of carbonyl (C=O) groups is 2. The van der Waals surface area contributed by atoms with Crippen LogP contribution in [0.25, 0.3) is 11.1 Å². The number of aryl methyl sites for hydroxylation is 2. The second-order valence-corrected chi connectivity index (χ2v) is 7.50. The smallest absolute Gasteiger partial charge is 0.339 e. The maximum atomic E-state index is 12.4. The summed E-state index contributed by atoms with van der Waals surface area (Å²) in [5.41, 5.74) is 3.74. The number of hydrogen-bond acceptors (Lipinski definition) is 3. The average molecular weight is 386 g/mol. The van der Waals surface area contributed by atoms with Crippen LogP contribution in [0.1, 0.15) is 31.8 Å². The highest BCUT2D eigenvalue weighted by molar-refractivity contribution is 7.21. The van der Waals surface area contributed by atoms with E-state index < -0.39 is 5.97 Å². The molecule has 0 fully saturated rings. The molecule has 2 aromatic carbocycles. The maximum absolute atomic E-state index is 12.4. The third kappa shape index (κ3) is 3.49. The highest BCUT2D eigenvalue weighted by Gasteiger charge is 2.25. The summed E-state index contributed by atoms with van der Waals surface area (Å²) >= 11 is 7.40. The predicted molar refractivity (Wildman–Crippen MR) is 106 cm³/mol. The quantitative estimate of drug-likeness (QED) is 0.611. The van der Waals surface area contributed by atoms with E-state index in [4.69, 9.17) is 11.6 Å². The summed E-state index contributed by atoms with van der Waals surface area (Å²) in [6, 6.07) is 14.3. The van der Waals surface area contributed by atoms with Crippen molar-refractivity contribution in [2.24, 2.45) is 0 Å². The Kier molecular flexibility index (Phi) is 5.11. The Morgan fingerprint density at radius 2 is 1.73 bits per heavy atom. The minimum absolute atomic E-state index is 0.00698. The van der Waals surface area contributed by atoms with Gasteiger partial charge in [-0.1, -0.05) is 48.0 Å². The molecule has 0 saturated heterocycles. The Morgan fingerprint density at radius 1 is 1.04 bits per heavy atom. The Hall–Kier alpha value is -2.63. The maximum Gasteiger partial charge on any atom is 0.339 e. The molecule has 26 heavy (non-hydrogen) atoms. The SMILES string of the molecule is Cc1ccc(-c2c(Cl)sc(NC(=O)c3ccccc3)c2C(=O)O)cc1C. The van der Waals surface area contributed by atoms with Crippen molar-refractivity contribution in [2.75, 3.05) is 5.32 Å². The largest absolute Gasteiger partial charge is 0.478 e. The van der Waals surface area contributed by atoms with Crippen LogP contribution < -0.4 is 5.32 Å². The third-order valence-electron chi connectivity index (χ3n) is 4.14. The molecule has 0 aliphatic carbocycles. The van der Waals surface area contributed by atoms with Crippen molar-refractivity contribution in [3.05, 3.63) is 75.1 Å². The first-order chi connectivity index (χ1) is 12.4. The fourth-order valence-corrected chi connectivity index (χ4v) is 3.99. The Balaban J connectivity index is 2.06. The van der Waals surface area contributed by atoms with Crippen molar-refractivity contribution in [3.63, 3.8) is 0 Å². The summed E-state index contributed by atoms with van der Waals surface area (Å²) in [6.07, 6.45) is 0. The van der Waals surface area contributed by atoms with Gasteiger partial charge in [-0.2, -0.15) is 0 Å². The predicted octanol–water partition coefficient (Wildman–Crippen LogP) is 5.64. The fourth-order valence-electron chi connectivity index (χ4n) is 2.62. The molecule has 4 nitrogen and oxygen atoms in total. The molecule has 0 unspecified atom stereocenters. The monoisotopic (exact) mass is 385 g/mol. The lowest BCUT2D eigenvalue weighted by Gasteiger charge is -2.08. The summed E-state index contributed by atoms with van der Waals surface area (Å²) in [5.74, 6) is -1.51. The summed E-state index contributed by atoms with van der Waals surface area (Å²) in [7, 11) is 0. The molecule has 1 aromatic heterocycles. The molecule has 0 spiro atoms. The van der Waals surface area contributed by atoms with Crippen molar-refractivity contribution in [3.8, 4) is 11.1 Å². The van der Waals surface area contributed by atoms with Crippen LogP contribution in [0.5, 0.6) is 0 Å². The van der Waals surface area contributed by atoms with E-state index in [-0.39, 0.29) is 16.5 Å². The number of halogens is 1. The molecule has 0 aliphatic rings. The minimum atomic E-state index is -1.13. The molecule has 0 radical (unpaired) electrons. The number of carboxylic acid groups (broad SMARTS) is 1. The lowest BCUT2D eigenvalue weighted by molar-refractivity contribution is 0.0699. The lowest BCUT2D eigenvalue weighted by atomic mass is 9.99. The van der Waals surface area contributed by atoms with Gasteiger partial charge < -0.3 is 10.4 Å². The van der Waals surface area contributed by atoms with Gasteiger partial charge in [0.15, 0.2) is 0 Å². The number of hydrogen-bond donors (Lipinski definition) is 2. The van der Waals surface area contributed by atoms with Crippen LogP contribution >= 0.6 is 22.9 Å². The second-order valence-electron chi connectivity index (χ2n) is 5.88. The molecule has 2 N–H and O–H groups in total. The number of carbonyl (C=O) groups excluding carboxylic acids is 1. The third-order valence-corrected chi connectivity index (χ3v) is 5.45. The van der Waals surface area contributed by atoms with Crippen LogP contribution in [0.2, 0.25) is 4.34 Å². The topological polar surface area (TPSA) is 66.4 Å². The summed E-state index contributed by atoms with van der Waals surface area (Å²) in [5, 5.41) is 12.6. The van der Waals surface area contributed by atoms with E-state index in [0.29, 0.717) is 21.0 Å². The van der Waals surface area contributed by atoms with Gasteiger partial charge in [-0.15, -0.1) is 11.3 Å². The van der Waals surface area contributed by atoms with Crippen LogP contribution in [0, 0.1) is 13.8 Å². The van der Waals surface area contributed by atoms with Gasteiger partial charge in [0, 0.05) is 11.1 Å². The Labute approximate surface area is 160 Å². The van der Waals surface area contributed by atoms with Crippen LogP contribution in [0.4, 0.5) is 5.00 Å². The second kappa shape index (κ2) is 7.32. The molecular weight excluding hydrogens is 370 g/mol. The van der Waals surface area contributed by atoms with Crippen molar-refractivity contribution < 1.29 is 14.7 Å². The fraction of sp³-hybridized carbons (Fsp3) is 0.100. The summed E-state index contributed by atoms with van der Waals surface area (Å²) < 4.78 is 0.328. The number of anilines is 1. The number of amides is 1. The van der Waals surface area contributed by atoms with Gasteiger partial charge in [0.05, 0.1) is 0 Å². The van der Waals surface area contributed by atoms with Crippen molar-refractivity contribution in [1.29, 1.82) is 0 Å². The molecule has 6 heteroatoms. The van der Waals surface area contributed by atoms with E-state index in [2.05, 4.69) is 5.32 Å². The Morgan fingerprint density at radius 3 is 2.35 bits per heavy atom. The van der Waals surface area contributed by atoms with Gasteiger partial charge >= 0.3 is 5.97 Å². The van der Waals surface area contributed by atoms with E-state index in [1.165, 1.54) is 0 Å². The van der Waals surface area contributed by atoms with E-state index in [1.54, 1.807) is 30.3 Å². The number of nitrogens with one attached hydrogen (secondary N) is 1. The first kappa shape index (κ1) is 18.2. The van der Waals surface area contributed by atoms with E-state index in [9.17, 15) is 14.7 Å². The highest BCUT2D eigenvalue weighted by atomic mass is 35.5. The zero-order valence-corrected chi connectivity index (χ0v) is 15.7. The molecular formula is C20H16ClNO3S. The highest BCUT2D eigenvalue weighted by Crippen LogP contribution is 2.44. The van der Waals surface area contributed by atoms with Gasteiger partial charge in [0.2, 0.25) is 0 Å². The van der Waals surface area contributed by atoms with Gasteiger partial charge in [0.1, 0.15) is 14.9 Å². The zero-order chi connectivity index (χ0) is 18.8. The summed E-state index contributed by atoms with van der Waals surface area (Å²) in [6.45, 7) is 3.94. The molecule has 0 saturated carbocycles. The number of rotatable bonds is 4. The number of carboxylic acids is 1. The summed E-state index contributed by atoms with van der Waals surface area (Å²) in [4.78, 5) is 24.3. The van der Waals surface area contributed by atoms with Crippen LogP contribution in [0.3, 0.4) is 0 Å². The molecule has 0 atom stereocenters. The molecule has 132 valence electrons. The van der Waals surface area contributed by atoms with Crippen molar-refractivity contribution in [2.45, 2.75) is 13.8 Å². The van der Waals surface area contributed by atoms with E-state index in [0.717, 1.165) is 22.5 Å². The molecule has 3 aromatic rings. The molecule has 3 rings (SSSR count). The standard InChI is InChI=1S/C20H16ClNO3S/c1-11-8-9-14(10-12(11)2)15-16(20(24)25)19(26-17(15)21)22-18(23)13-6-4-3-5-7-13/h3-10H,1-2H3,(H,22,23)(H,24,25). The van der Waals surface area contributed by atoms with E-state index in [1.807, 2.05) is 32.0 Å². The van der Waals surface area contributed by atoms with Gasteiger partial charge in [-0.3, -0.25) is 4.79 Å². The van der Waals surface area contributed by atoms with Crippen molar-refractivity contribution >= 4 is 39.8 Å². The normalized spacial score (nSPS) is 10.6. The molecule has 0 aliphatic heterocycles. The van der Waals surface area contributed by atoms with Gasteiger partial charge in [-0.25, -0.2) is 4.79 Å². The van der Waals surface area contributed by atoms with Crippen LogP contribution in [-0.4, -0.2) is 17.0 Å². The minimum Gasteiger partial charge on any atom is -0.478 e. The van der Waals surface area contributed by atoms with Gasteiger partial charge in [0.25, 0.3) is 5.91 Å². The number of thiophene rings is 1. The zero-order valence-electron chi connectivity index (χ0n) is 14.2. The Bertz CT molecular complexity index is 996. The molecule has 1 amide bonds. The van der Waals surface area contributed by atoms with Gasteiger partial charge in [-0.05, 0) is 42.7 Å².